The molecule has 0 aliphatic heterocycles. The highest BCUT2D eigenvalue weighted by Gasteiger charge is 2.12. The van der Waals surface area contributed by atoms with Gasteiger partial charge in [-0.3, -0.25) is 0 Å². The minimum atomic E-state index is 0.0208. The van der Waals surface area contributed by atoms with Gasteiger partial charge in [0.1, 0.15) is 11.6 Å². The summed E-state index contributed by atoms with van der Waals surface area (Å²) in [4.78, 5) is 11.3. The molecule has 1 aromatic heterocycles. The van der Waals surface area contributed by atoms with E-state index < -0.39 is 0 Å². The molecule has 0 saturated carbocycles. The second-order valence-electron chi connectivity index (χ2n) is 5.37. The van der Waals surface area contributed by atoms with Crippen molar-refractivity contribution in [1.82, 2.24) is 9.97 Å². The summed E-state index contributed by atoms with van der Waals surface area (Å²) in [5.74, 6) is 2.10. The van der Waals surface area contributed by atoms with E-state index in [1.807, 2.05) is 36.4 Å². The summed E-state index contributed by atoms with van der Waals surface area (Å²) in [6, 6.07) is 11.7. The lowest BCUT2D eigenvalue weighted by molar-refractivity contribution is 0.0967. The van der Waals surface area contributed by atoms with Gasteiger partial charge in [-0.15, -0.1) is 0 Å². The Kier molecular flexibility index (Phi) is 8.11. The zero-order valence-corrected chi connectivity index (χ0v) is 14.6. The van der Waals surface area contributed by atoms with Gasteiger partial charge >= 0.3 is 0 Å². The molecule has 0 aliphatic rings. The molecular weight excluding hydrogens is 320 g/mol. The van der Waals surface area contributed by atoms with E-state index >= 15 is 0 Å². The molecule has 7 nitrogen and oxygen atoms in total. The van der Waals surface area contributed by atoms with E-state index in [1.165, 1.54) is 0 Å². The molecule has 0 fully saturated rings. The van der Waals surface area contributed by atoms with Crippen LogP contribution in [0, 0.1) is 0 Å². The Bertz CT molecular complexity index is 625. The van der Waals surface area contributed by atoms with Gasteiger partial charge in [0.2, 0.25) is 0 Å². The van der Waals surface area contributed by atoms with Crippen molar-refractivity contribution in [3.8, 4) is 11.4 Å². The number of aliphatic hydroxyl groups is 2. The van der Waals surface area contributed by atoms with Gasteiger partial charge in [0.05, 0.1) is 26.4 Å². The molecule has 2 aromatic rings. The maximum absolute atomic E-state index is 9.05. The molecule has 0 radical (unpaired) electrons. The lowest BCUT2D eigenvalue weighted by Gasteiger charge is -2.23. The van der Waals surface area contributed by atoms with Gasteiger partial charge in [-0.2, -0.15) is 0 Å². The van der Waals surface area contributed by atoms with E-state index in [-0.39, 0.29) is 13.2 Å². The average molecular weight is 346 g/mol. The minimum Gasteiger partial charge on any atom is -0.395 e. The molecular formula is C18H26N4O3. The maximum Gasteiger partial charge on any atom is 0.163 e. The van der Waals surface area contributed by atoms with Crippen LogP contribution in [0.25, 0.3) is 11.4 Å². The van der Waals surface area contributed by atoms with Crippen molar-refractivity contribution in [3.63, 3.8) is 0 Å². The largest absolute Gasteiger partial charge is 0.395 e. The average Bonchev–Trinajstić information content (AvgIpc) is 2.67. The molecule has 0 saturated heterocycles. The van der Waals surface area contributed by atoms with Gasteiger partial charge in [0, 0.05) is 31.3 Å². The van der Waals surface area contributed by atoms with Crippen LogP contribution in [0.1, 0.15) is 6.92 Å². The molecule has 1 aromatic carbocycles. The SMILES string of the molecule is CCN(CCOCCO)c1cc(NCCO)nc(-c2ccccc2)n1. The van der Waals surface area contributed by atoms with E-state index in [0.717, 1.165) is 17.9 Å². The first-order valence-corrected chi connectivity index (χ1v) is 8.51. The zero-order valence-electron chi connectivity index (χ0n) is 14.6. The lowest BCUT2D eigenvalue weighted by Crippen LogP contribution is -2.28. The summed E-state index contributed by atoms with van der Waals surface area (Å²) < 4.78 is 5.36. The van der Waals surface area contributed by atoms with Gasteiger partial charge in [0.25, 0.3) is 0 Å². The predicted octanol–water partition coefficient (Wildman–Crippen LogP) is 1.38. The Hall–Kier alpha value is -2.22. The van der Waals surface area contributed by atoms with Crippen molar-refractivity contribution in [2.45, 2.75) is 6.92 Å². The number of likely N-dealkylation sites (N-methyl/N-ethyl adjacent to an activating group) is 1. The molecule has 0 aliphatic carbocycles. The number of benzene rings is 1. The van der Waals surface area contributed by atoms with Crippen molar-refractivity contribution in [3.05, 3.63) is 36.4 Å². The van der Waals surface area contributed by atoms with Crippen molar-refractivity contribution in [1.29, 1.82) is 0 Å². The van der Waals surface area contributed by atoms with E-state index in [9.17, 15) is 0 Å². The summed E-state index contributed by atoms with van der Waals surface area (Å²) in [6.07, 6.45) is 0. The standard InChI is InChI=1S/C18H26N4O3/c1-2-22(9-12-25-13-11-24)17-14-16(19-8-10-23)20-18(21-17)15-6-4-3-5-7-15/h3-7,14,23-24H,2,8-13H2,1H3,(H,19,20,21). The van der Waals surface area contributed by atoms with E-state index in [4.69, 9.17) is 14.9 Å². The number of nitrogens with zero attached hydrogens (tertiary/aromatic N) is 3. The van der Waals surface area contributed by atoms with E-state index in [1.54, 1.807) is 0 Å². The quantitative estimate of drug-likeness (QED) is 0.530. The third-order valence-electron chi connectivity index (χ3n) is 3.61. The molecule has 0 amide bonds. The number of anilines is 2. The van der Waals surface area contributed by atoms with Gasteiger partial charge in [-0.1, -0.05) is 30.3 Å². The molecule has 7 heteroatoms. The summed E-state index contributed by atoms with van der Waals surface area (Å²) in [5.41, 5.74) is 0.934. The normalized spacial score (nSPS) is 10.7. The van der Waals surface area contributed by atoms with Crippen LogP contribution in [0.2, 0.25) is 0 Å². The predicted molar refractivity (Wildman–Crippen MR) is 98.8 cm³/mol. The van der Waals surface area contributed by atoms with Gasteiger partial charge in [-0.05, 0) is 6.92 Å². The molecule has 25 heavy (non-hydrogen) atoms. The molecule has 2 rings (SSSR count). The number of nitrogens with one attached hydrogen (secondary N) is 1. The molecule has 0 atom stereocenters. The highest BCUT2D eigenvalue weighted by molar-refractivity contribution is 5.61. The molecule has 136 valence electrons. The van der Waals surface area contributed by atoms with Crippen LogP contribution in [0.3, 0.4) is 0 Å². The number of aromatic nitrogens is 2. The Labute approximate surface area is 148 Å². The van der Waals surface area contributed by atoms with Crippen LogP contribution in [-0.4, -0.2) is 66.2 Å². The minimum absolute atomic E-state index is 0.0208. The molecule has 0 bridgehead atoms. The first kappa shape index (κ1) is 19.1. The third kappa shape index (κ3) is 5.97. The summed E-state index contributed by atoms with van der Waals surface area (Å²) >= 11 is 0. The Morgan fingerprint density at radius 2 is 1.88 bits per heavy atom. The number of hydrogen-bond acceptors (Lipinski definition) is 7. The Morgan fingerprint density at radius 3 is 2.56 bits per heavy atom. The Balaban J connectivity index is 2.24. The topological polar surface area (TPSA) is 90.7 Å². The second kappa shape index (κ2) is 10.6. The first-order valence-electron chi connectivity index (χ1n) is 8.51. The lowest BCUT2D eigenvalue weighted by atomic mass is 10.2. The fourth-order valence-electron chi connectivity index (χ4n) is 2.36. The maximum atomic E-state index is 9.05. The van der Waals surface area contributed by atoms with E-state index in [0.29, 0.717) is 37.9 Å². The highest BCUT2D eigenvalue weighted by atomic mass is 16.5. The highest BCUT2D eigenvalue weighted by Crippen LogP contribution is 2.22. The molecule has 1 heterocycles. The fourth-order valence-corrected chi connectivity index (χ4v) is 2.36. The zero-order chi connectivity index (χ0) is 17.9. The summed E-state index contributed by atoms with van der Waals surface area (Å²) in [7, 11) is 0. The molecule has 3 N–H and O–H groups in total. The van der Waals surface area contributed by atoms with Crippen molar-refractivity contribution < 1.29 is 14.9 Å². The van der Waals surface area contributed by atoms with Crippen molar-refractivity contribution >= 4 is 11.6 Å². The molecule has 0 spiro atoms. The second-order valence-corrected chi connectivity index (χ2v) is 5.37. The van der Waals surface area contributed by atoms with Gasteiger partial charge in [0.15, 0.2) is 5.82 Å². The third-order valence-corrected chi connectivity index (χ3v) is 3.61. The van der Waals surface area contributed by atoms with Crippen LogP contribution < -0.4 is 10.2 Å². The van der Waals surface area contributed by atoms with Crippen LogP contribution in [0.5, 0.6) is 0 Å². The number of rotatable bonds is 11. The van der Waals surface area contributed by atoms with Gasteiger partial charge < -0.3 is 25.2 Å². The summed E-state index contributed by atoms with van der Waals surface area (Å²) in [6.45, 7) is 4.82. The monoisotopic (exact) mass is 346 g/mol. The smallest absolute Gasteiger partial charge is 0.163 e. The number of aliphatic hydroxyl groups excluding tert-OH is 2. The van der Waals surface area contributed by atoms with Crippen molar-refractivity contribution in [2.24, 2.45) is 0 Å². The number of hydrogen-bond donors (Lipinski definition) is 3. The summed E-state index contributed by atoms with van der Waals surface area (Å²) in [5, 5.41) is 21.0. The fraction of sp³-hybridized carbons (Fsp3) is 0.444. The van der Waals surface area contributed by atoms with Crippen LogP contribution in [0.4, 0.5) is 11.6 Å². The van der Waals surface area contributed by atoms with Crippen LogP contribution >= 0.6 is 0 Å². The first-order chi connectivity index (χ1) is 12.3. The molecule has 0 unspecified atom stereocenters. The van der Waals surface area contributed by atoms with E-state index in [2.05, 4.69) is 27.1 Å². The number of ether oxygens (including phenoxy) is 1. The van der Waals surface area contributed by atoms with Crippen LogP contribution in [0.15, 0.2) is 36.4 Å². The Morgan fingerprint density at radius 1 is 1.08 bits per heavy atom. The van der Waals surface area contributed by atoms with Gasteiger partial charge in [-0.25, -0.2) is 9.97 Å². The van der Waals surface area contributed by atoms with Crippen molar-refractivity contribution in [2.75, 3.05) is 56.3 Å². The van der Waals surface area contributed by atoms with Crippen LogP contribution in [-0.2, 0) is 4.74 Å².